The third-order valence-corrected chi connectivity index (χ3v) is 3.02. The molecule has 19 heavy (non-hydrogen) atoms. The molecule has 4 nitrogen and oxygen atoms in total. The predicted molar refractivity (Wildman–Crippen MR) is 69.1 cm³/mol. The van der Waals surface area contributed by atoms with Crippen LogP contribution in [0.3, 0.4) is 0 Å². The molecule has 5 heteroatoms. The van der Waals surface area contributed by atoms with Gasteiger partial charge in [0.05, 0.1) is 25.3 Å². The van der Waals surface area contributed by atoms with E-state index in [1.165, 1.54) is 38.5 Å². The van der Waals surface area contributed by atoms with E-state index >= 15 is 0 Å². The summed E-state index contributed by atoms with van der Waals surface area (Å²) in [4.78, 5) is 10.2. The Balaban J connectivity index is 0. The van der Waals surface area contributed by atoms with Gasteiger partial charge in [0.2, 0.25) is 0 Å². The Labute approximate surface area is 139 Å². The fraction of sp³-hybridized carbons (Fsp3) is 0.929. The fourth-order valence-corrected chi connectivity index (χ4v) is 1.92. The molecule has 1 unspecified atom stereocenters. The van der Waals surface area contributed by atoms with E-state index in [1.807, 2.05) is 0 Å². The average Bonchev–Trinajstić information content (AvgIpc) is 2.36. The number of hydrogen-bond donors (Lipinski definition) is 1. The minimum Gasteiger partial charge on any atom is -0.548 e. The van der Waals surface area contributed by atoms with Gasteiger partial charge in [0.15, 0.2) is 0 Å². The van der Waals surface area contributed by atoms with Crippen LogP contribution in [0.5, 0.6) is 0 Å². The zero-order chi connectivity index (χ0) is 13.6. The normalized spacial score (nSPS) is 11.9. The molecule has 0 aromatic rings. The molecule has 0 amide bonds. The van der Waals surface area contributed by atoms with Crippen LogP contribution in [-0.2, 0) is 9.53 Å². The minimum absolute atomic E-state index is 0. The van der Waals surface area contributed by atoms with Crippen LogP contribution in [-0.4, -0.2) is 30.4 Å². The van der Waals surface area contributed by atoms with E-state index in [9.17, 15) is 9.90 Å². The van der Waals surface area contributed by atoms with Gasteiger partial charge in [0, 0.05) is 0 Å². The molecule has 0 aromatic carbocycles. The number of carbonyl (C=O) groups is 1. The summed E-state index contributed by atoms with van der Waals surface area (Å²) in [6.07, 6.45) is 10.2. The molecule has 1 N–H and O–H groups in total. The topological polar surface area (TPSA) is 69.6 Å². The van der Waals surface area contributed by atoms with E-state index in [-0.39, 0.29) is 42.3 Å². The molecular formula is C14H27NaO4. The van der Waals surface area contributed by atoms with E-state index in [0.29, 0.717) is 0 Å². The number of aliphatic carboxylic acids is 1. The quantitative estimate of drug-likeness (QED) is 0.335. The molecule has 0 aromatic heterocycles. The maximum Gasteiger partial charge on any atom is 1.00 e. The van der Waals surface area contributed by atoms with E-state index in [0.717, 1.165) is 19.3 Å². The first-order valence-corrected chi connectivity index (χ1v) is 7.13. The number of hydrogen-bond acceptors (Lipinski definition) is 4. The van der Waals surface area contributed by atoms with Gasteiger partial charge >= 0.3 is 29.6 Å². The van der Waals surface area contributed by atoms with Crippen molar-refractivity contribution in [2.45, 2.75) is 70.8 Å². The molecule has 0 bridgehead atoms. The van der Waals surface area contributed by atoms with Gasteiger partial charge in [-0.25, -0.2) is 0 Å². The van der Waals surface area contributed by atoms with Crippen molar-refractivity contribution in [3.8, 4) is 0 Å². The first-order chi connectivity index (χ1) is 8.70. The third kappa shape index (κ3) is 16.3. The van der Waals surface area contributed by atoms with Gasteiger partial charge < -0.3 is 19.7 Å². The van der Waals surface area contributed by atoms with Crippen molar-refractivity contribution in [2.24, 2.45) is 0 Å². The molecule has 0 aliphatic heterocycles. The van der Waals surface area contributed by atoms with Crippen molar-refractivity contribution >= 4 is 5.97 Å². The molecule has 0 aliphatic carbocycles. The second-order valence-electron chi connectivity index (χ2n) is 4.75. The van der Waals surface area contributed by atoms with Gasteiger partial charge in [-0.15, -0.1) is 0 Å². The zero-order valence-corrected chi connectivity index (χ0v) is 14.5. The Morgan fingerprint density at radius 1 is 1.11 bits per heavy atom. The number of ether oxygens (including phenoxy) is 1. The maximum atomic E-state index is 10.2. The number of carboxylic acid groups (broad SMARTS) is 1. The monoisotopic (exact) mass is 282 g/mol. The molecule has 0 fully saturated rings. The summed E-state index contributed by atoms with van der Waals surface area (Å²) >= 11 is 0. The van der Waals surface area contributed by atoms with Crippen molar-refractivity contribution in [3.63, 3.8) is 0 Å². The average molecular weight is 282 g/mol. The van der Waals surface area contributed by atoms with Crippen molar-refractivity contribution in [1.29, 1.82) is 0 Å². The third-order valence-electron chi connectivity index (χ3n) is 3.02. The summed E-state index contributed by atoms with van der Waals surface area (Å²) in [5, 5.41) is 19.2. The minimum atomic E-state index is -1.23. The molecule has 1 atom stereocenters. The van der Waals surface area contributed by atoms with Crippen molar-refractivity contribution in [1.82, 2.24) is 0 Å². The van der Waals surface area contributed by atoms with E-state index in [1.54, 1.807) is 0 Å². The SMILES string of the molecule is CCCCCCCCCCC(CO)OCC(=O)[O-].[Na+]. The van der Waals surface area contributed by atoms with Gasteiger partial charge in [0.1, 0.15) is 0 Å². The number of carbonyl (C=O) groups excluding carboxylic acids is 1. The molecule has 0 spiro atoms. The molecule has 108 valence electrons. The summed E-state index contributed by atoms with van der Waals surface area (Å²) < 4.78 is 5.00. The summed E-state index contributed by atoms with van der Waals surface area (Å²) in [5.74, 6) is -1.23. The van der Waals surface area contributed by atoms with Gasteiger partial charge in [0.25, 0.3) is 0 Å². The second-order valence-corrected chi connectivity index (χ2v) is 4.75. The molecular weight excluding hydrogens is 255 g/mol. The van der Waals surface area contributed by atoms with Gasteiger partial charge in [-0.2, -0.15) is 0 Å². The Morgan fingerprint density at radius 3 is 2.11 bits per heavy atom. The van der Waals surface area contributed by atoms with Crippen LogP contribution >= 0.6 is 0 Å². The molecule has 0 aliphatic rings. The van der Waals surface area contributed by atoms with Crippen molar-refractivity contribution in [3.05, 3.63) is 0 Å². The molecule has 0 heterocycles. The van der Waals surface area contributed by atoms with E-state index < -0.39 is 12.6 Å². The number of aliphatic hydroxyl groups excluding tert-OH is 1. The number of rotatable bonds is 13. The Kier molecular flexibility index (Phi) is 18.8. The molecule has 0 saturated carbocycles. The summed E-state index contributed by atoms with van der Waals surface area (Å²) in [6, 6.07) is 0. The zero-order valence-electron chi connectivity index (χ0n) is 12.5. The van der Waals surface area contributed by atoms with Gasteiger partial charge in [-0.3, -0.25) is 0 Å². The van der Waals surface area contributed by atoms with Crippen LogP contribution in [0.15, 0.2) is 0 Å². The van der Waals surface area contributed by atoms with Crippen LogP contribution in [0.4, 0.5) is 0 Å². The van der Waals surface area contributed by atoms with Crippen LogP contribution < -0.4 is 34.7 Å². The summed E-state index contributed by atoms with van der Waals surface area (Å²) in [6.45, 7) is 1.66. The van der Waals surface area contributed by atoms with Crippen molar-refractivity contribution < 1.29 is 49.3 Å². The predicted octanol–water partition coefficient (Wildman–Crippen LogP) is -1.35. The van der Waals surface area contributed by atoms with E-state index in [2.05, 4.69) is 6.92 Å². The Bertz CT molecular complexity index is 200. The number of carboxylic acids is 1. The maximum absolute atomic E-state index is 10.2. The number of aliphatic hydroxyl groups is 1. The van der Waals surface area contributed by atoms with Gasteiger partial charge in [-0.05, 0) is 6.42 Å². The smallest absolute Gasteiger partial charge is 0.548 e. The first-order valence-electron chi connectivity index (χ1n) is 7.13. The van der Waals surface area contributed by atoms with Crippen molar-refractivity contribution in [2.75, 3.05) is 13.2 Å². The standard InChI is InChI=1S/C14H28O4.Na/c1-2-3-4-5-6-7-8-9-10-13(11-15)18-12-14(16)17;/h13,15H,2-12H2,1H3,(H,16,17);/q;+1/p-1. The molecule has 0 rings (SSSR count). The number of unbranched alkanes of at least 4 members (excludes halogenated alkanes) is 7. The van der Waals surface area contributed by atoms with E-state index in [4.69, 9.17) is 9.84 Å². The Hall–Kier alpha value is 0.390. The van der Waals surface area contributed by atoms with Crippen LogP contribution in [0.1, 0.15) is 64.7 Å². The van der Waals surface area contributed by atoms with Crippen LogP contribution in [0.2, 0.25) is 0 Å². The van der Waals surface area contributed by atoms with Gasteiger partial charge in [-0.1, -0.05) is 58.3 Å². The fourth-order valence-electron chi connectivity index (χ4n) is 1.92. The van der Waals surface area contributed by atoms with Crippen LogP contribution in [0.25, 0.3) is 0 Å². The molecule has 0 radical (unpaired) electrons. The molecule has 0 saturated heterocycles. The Morgan fingerprint density at radius 2 is 1.63 bits per heavy atom. The summed E-state index contributed by atoms with van der Waals surface area (Å²) in [7, 11) is 0. The van der Waals surface area contributed by atoms with Crippen LogP contribution in [0, 0.1) is 0 Å². The summed E-state index contributed by atoms with van der Waals surface area (Å²) in [5.41, 5.74) is 0. The first kappa shape index (κ1) is 21.7. The second kappa shape index (κ2) is 16.4. The largest absolute Gasteiger partial charge is 1.00 e.